The van der Waals surface area contributed by atoms with E-state index >= 15 is 0 Å². The molecule has 0 saturated carbocycles. The van der Waals surface area contributed by atoms with Crippen LogP contribution in [0.1, 0.15) is 23.6 Å². The summed E-state index contributed by atoms with van der Waals surface area (Å²) < 4.78 is 5.13. The molecule has 138 valence electrons. The van der Waals surface area contributed by atoms with Crippen molar-refractivity contribution in [1.82, 2.24) is 0 Å². The van der Waals surface area contributed by atoms with E-state index in [1.54, 1.807) is 37.3 Å². The first-order valence-corrected chi connectivity index (χ1v) is 8.65. The van der Waals surface area contributed by atoms with Crippen LogP contribution in [0.15, 0.2) is 48.0 Å². The fourth-order valence-corrected chi connectivity index (χ4v) is 2.40. The summed E-state index contributed by atoms with van der Waals surface area (Å²) in [5, 5.41) is 12.4. The van der Waals surface area contributed by atoms with Crippen LogP contribution in [0.25, 0.3) is 6.08 Å². The van der Waals surface area contributed by atoms with Crippen LogP contribution in [-0.4, -0.2) is 18.0 Å². The van der Waals surface area contributed by atoms with Crippen molar-refractivity contribution in [3.63, 3.8) is 0 Å². The van der Waals surface area contributed by atoms with E-state index in [9.17, 15) is 14.9 Å². The standard InChI is InChI=1S/C21H19ClN2O3/c1-13-7-9-16(10-8-13)11-17(12-23)21(26)27-15(3)20(25)24-19-6-4-5-18(22)14(19)2/h4-11,15H,1-3H3,(H,24,25)/b17-11+/t15-/m0/s1. The van der Waals surface area contributed by atoms with Gasteiger partial charge in [0.15, 0.2) is 6.10 Å². The van der Waals surface area contributed by atoms with Crippen LogP contribution in [0.2, 0.25) is 5.02 Å². The first kappa shape index (κ1) is 20.2. The number of nitrogens with zero attached hydrogens (tertiary/aromatic N) is 1. The summed E-state index contributed by atoms with van der Waals surface area (Å²) in [4.78, 5) is 24.5. The second-order valence-electron chi connectivity index (χ2n) is 6.03. The summed E-state index contributed by atoms with van der Waals surface area (Å²) >= 11 is 6.03. The molecule has 0 spiro atoms. The molecule has 2 aromatic carbocycles. The lowest BCUT2D eigenvalue weighted by molar-refractivity contribution is -0.148. The van der Waals surface area contributed by atoms with Gasteiger partial charge in [-0.05, 0) is 50.1 Å². The van der Waals surface area contributed by atoms with Gasteiger partial charge in [-0.25, -0.2) is 4.79 Å². The highest BCUT2D eigenvalue weighted by Gasteiger charge is 2.21. The van der Waals surface area contributed by atoms with E-state index in [0.29, 0.717) is 21.8 Å². The molecule has 0 fully saturated rings. The van der Waals surface area contributed by atoms with E-state index in [1.165, 1.54) is 13.0 Å². The van der Waals surface area contributed by atoms with Crippen molar-refractivity contribution in [2.24, 2.45) is 0 Å². The number of amides is 1. The second kappa shape index (κ2) is 9.02. The molecular formula is C21H19ClN2O3. The van der Waals surface area contributed by atoms with Crippen LogP contribution in [0.3, 0.4) is 0 Å². The monoisotopic (exact) mass is 382 g/mol. The molecule has 0 aliphatic carbocycles. The average Bonchev–Trinajstić information content (AvgIpc) is 2.64. The van der Waals surface area contributed by atoms with Gasteiger partial charge in [0.25, 0.3) is 5.91 Å². The fourth-order valence-electron chi connectivity index (χ4n) is 2.22. The SMILES string of the molecule is Cc1ccc(/C=C(\C#N)C(=O)O[C@@H](C)C(=O)Nc2cccc(Cl)c2C)cc1. The Morgan fingerprint density at radius 2 is 1.85 bits per heavy atom. The third kappa shape index (κ3) is 5.44. The van der Waals surface area contributed by atoms with Crippen molar-refractivity contribution in [2.45, 2.75) is 26.9 Å². The van der Waals surface area contributed by atoms with Crippen LogP contribution in [0, 0.1) is 25.2 Å². The summed E-state index contributed by atoms with van der Waals surface area (Å²) in [5.41, 5.74) is 2.82. The Labute approximate surface area is 163 Å². The number of esters is 1. The molecule has 1 N–H and O–H groups in total. The normalized spacial score (nSPS) is 12.0. The number of benzene rings is 2. The van der Waals surface area contributed by atoms with Gasteiger partial charge in [-0.1, -0.05) is 47.5 Å². The molecule has 0 bridgehead atoms. The highest BCUT2D eigenvalue weighted by Crippen LogP contribution is 2.23. The van der Waals surface area contributed by atoms with Gasteiger partial charge >= 0.3 is 5.97 Å². The fraction of sp³-hybridized carbons (Fsp3) is 0.190. The molecule has 2 aromatic rings. The van der Waals surface area contributed by atoms with Crippen molar-refractivity contribution in [1.29, 1.82) is 5.26 Å². The topological polar surface area (TPSA) is 79.2 Å². The molecular weight excluding hydrogens is 364 g/mol. The first-order valence-electron chi connectivity index (χ1n) is 8.27. The molecule has 0 heterocycles. The number of ether oxygens (including phenoxy) is 1. The number of carbonyl (C=O) groups is 2. The molecule has 0 unspecified atom stereocenters. The van der Waals surface area contributed by atoms with Gasteiger partial charge in [-0.15, -0.1) is 0 Å². The molecule has 0 aromatic heterocycles. The van der Waals surface area contributed by atoms with Crippen LogP contribution in [-0.2, 0) is 14.3 Å². The summed E-state index contributed by atoms with van der Waals surface area (Å²) in [6.45, 7) is 5.15. The smallest absolute Gasteiger partial charge is 0.349 e. The maximum atomic E-state index is 12.3. The Balaban J connectivity index is 2.06. The Kier molecular flexibility index (Phi) is 6.75. The molecule has 27 heavy (non-hydrogen) atoms. The molecule has 0 saturated heterocycles. The summed E-state index contributed by atoms with van der Waals surface area (Å²) in [6.07, 6.45) is 0.346. The van der Waals surface area contributed by atoms with Gasteiger partial charge in [-0.3, -0.25) is 4.79 Å². The molecule has 0 aliphatic rings. The lowest BCUT2D eigenvalue weighted by atomic mass is 10.1. The highest BCUT2D eigenvalue weighted by atomic mass is 35.5. The van der Waals surface area contributed by atoms with Crippen molar-refractivity contribution >= 4 is 35.2 Å². The zero-order valence-electron chi connectivity index (χ0n) is 15.2. The van der Waals surface area contributed by atoms with Gasteiger partial charge in [0, 0.05) is 10.7 Å². The van der Waals surface area contributed by atoms with E-state index in [0.717, 1.165) is 5.56 Å². The van der Waals surface area contributed by atoms with Gasteiger partial charge in [0.2, 0.25) is 0 Å². The first-order chi connectivity index (χ1) is 12.8. The number of carbonyl (C=O) groups excluding carboxylic acids is 2. The third-order valence-corrected chi connectivity index (χ3v) is 4.32. The van der Waals surface area contributed by atoms with Crippen LogP contribution in [0.5, 0.6) is 0 Å². The van der Waals surface area contributed by atoms with E-state index in [4.69, 9.17) is 16.3 Å². The van der Waals surface area contributed by atoms with Crippen LogP contribution < -0.4 is 5.32 Å². The molecule has 0 aliphatic heterocycles. The second-order valence-corrected chi connectivity index (χ2v) is 6.44. The molecule has 1 atom stereocenters. The summed E-state index contributed by atoms with van der Waals surface area (Å²) in [6, 6.07) is 14.3. The summed E-state index contributed by atoms with van der Waals surface area (Å²) in [7, 11) is 0. The van der Waals surface area contributed by atoms with Crippen molar-refractivity contribution in [3.8, 4) is 6.07 Å². The van der Waals surface area contributed by atoms with E-state index in [1.807, 2.05) is 25.1 Å². The van der Waals surface area contributed by atoms with Gasteiger partial charge < -0.3 is 10.1 Å². The predicted molar refractivity (Wildman–Crippen MR) is 105 cm³/mol. The molecule has 5 nitrogen and oxygen atoms in total. The molecule has 0 radical (unpaired) electrons. The number of anilines is 1. The van der Waals surface area contributed by atoms with Crippen LogP contribution >= 0.6 is 11.6 Å². The number of hydrogen-bond acceptors (Lipinski definition) is 4. The largest absolute Gasteiger partial charge is 0.448 e. The van der Waals surface area contributed by atoms with Gasteiger partial charge in [0.1, 0.15) is 11.6 Å². The molecule has 2 rings (SSSR count). The Morgan fingerprint density at radius 1 is 1.19 bits per heavy atom. The Bertz CT molecular complexity index is 927. The minimum atomic E-state index is -1.08. The minimum absolute atomic E-state index is 0.183. The number of hydrogen-bond donors (Lipinski definition) is 1. The molecule has 6 heteroatoms. The average molecular weight is 383 g/mol. The van der Waals surface area contributed by atoms with Crippen molar-refractivity contribution < 1.29 is 14.3 Å². The predicted octanol–water partition coefficient (Wildman–Crippen LogP) is 4.43. The number of halogens is 1. The lowest BCUT2D eigenvalue weighted by Gasteiger charge is -2.15. The maximum Gasteiger partial charge on any atom is 0.349 e. The lowest BCUT2D eigenvalue weighted by Crippen LogP contribution is -2.30. The van der Waals surface area contributed by atoms with Gasteiger partial charge in [-0.2, -0.15) is 5.26 Å². The quantitative estimate of drug-likeness (QED) is 0.471. The Morgan fingerprint density at radius 3 is 2.48 bits per heavy atom. The highest BCUT2D eigenvalue weighted by molar-refractivity contribution is 6.31. The Hall–Kier alpha value is -3.10. The zero-order valence-corrected chi connectivity index (χ0v) is 16.0. The third-order valence-electron chi connectivity index (χ3n) is 3.91. The number of aryl methyl sites for hydroxylation is 1. The number of nitriles is 1. The number of rotatable bonds is 5. The number of nitrogens with one attached hydrogen (secondary N) is 1. The van der Waals surface area contributed by atoms with Gasteiger partial charge in [0.05, 0.1) is 0 Å². The van der Waals surface area contributed by atoms with E-state index in [2.05, 4.69) is 5.32 Å². The van der Waals surface area contributed by atoms with Crippen molar-refractivity contribution in [3.05, 3.63) is 69.8 Å². The zero-order chi connectivity index (χ0) is 20.0. The van der Waals surface area contributed by atoms with E-state index < -0.39 is 18.0 Å². The maximum absolute atomic E-state index is 12.3. The van der Waals surface area contributed by atoms with Crippen molar-refractivity contribution in [2.75, 3.05) is 5.32 Å². The minimum Gasteiger partial charge on any atom is -0.448 e. The molecule has 1 amide bonds. The summed E-state index contributed by atoms with van der Waals surface area (Å²) in [5.74, 6) is -1.37. The van der Waals surface area contributed by atoms with Crippen LogP contribution in [0.4, 0.5) is 5.69 Å². The van der Waals surface area contributed by atoms with E-state index in [-0.39, 0.29) is 5.57 Å².